The molecule has 2 N–H and O–H groups in total. The van der Waals surface area contributed by atoms with Gasteiger partial charge in [-0.05, 0) is 49.7 Å². The summed E-state index contributed by atoms with van der Waals surface area (Å²) in [7, 11) is -4.40. The number of halogens is 5. The SMILES string of the molecule is CC1(C)C(=O)N(c2ccc(F)c(C(F)(F)F)c2)C(=O)N1Cc1ccc(F)cc1S(N)(=O)=O. The lowest BCUT2D eigenvalue weighted by Crippen LogP contribution is -2.44. The van der Waals surface area contributed by atoms with Gasteiger partial charge in [0.15, 0.2) is 0 Å². The average molecular weight is 477 g/mol. The number of sulfonamides is 1. The molecule has 0 unspecified atom stereocenters. The summed E-state index contributed by atoms with van der Waals surface area (Å²) in [6.45, 7) is 2.07. The van der Waals surface area contributed by atoms with Crippen LogP contribution in [0.2, 0.25) is 0 Å². The Balaban J connectivity index is 2.06. The summed E-state index contributed by atoms with van der Waals surface area (Å²) in [6, 6.07) is 3.20. The minimum absolute atomic E-state index is 0.111. The third kappa shape index (κ3) is 4.05. The van der Waals surface area contributed by atoms with Gasteiger partial charge in [-0.1, -0.05) is 6.07 Å². The van der Waals surface area contributed by atoms with E-state index in [-0.39, 0.29) is 5.56 Å². The number of imide groups is 1. The Labute approximate surface area is 179 Å². The highest BCUT2D eigenvalue weighted by Gasteiger charge is 2.52. The number of carbonyl (C=O) groups excluding carboxylic acids is 2. The highest BCUT2D eigenvalue weighted by Crippen LogP contribution is 2.38. The number of hydrogen-bond acceptors (Lipinski definition) is 4. The lowest BCUT2D eigenvalue weighted by Gasteiger charge is -2.28. The summed E-state index contributed by atoms with van der Waals surface area (Å²) >= 11 is 0. The maximum atomic E-state index is 13.6. The van der Waals surface area contributed by atoms with Crippen LogP contribution in [0.5, 0.6) is 0 Å². The Morgan fingerprint density at radius 1 is 1.03 bits per heavy atom. The van der Waals surface area contributed by atoms with Crippen molar-refractivity contribution in [1.82, 2.24) is 4.90 Å². The van der Waals surface area contributed by atoms with Crippen molar-refractivity contribution in [3.63, 3.8) is 0 Å². The van der Waals surface area contributed by atoms with Crippen molar-refractivity contribution < 1.29 is 40.0 Å². The van der Waals surface area contributed by atoms with Gasteiger partial charge in [-0.3, -0.25) is 4.79 Å². The van der Waals surface area contributed by atoms with E-state index in [1.807, 2.05) is 0 Å². The van der Waals surface area contributed by atoms with Gasteiger partial charge in [-0.2, -0.15) is 13.2 Å². The first kappa shape index (κ1) is 23.6. The third-order valence-electron chi connectivity index (χ3n) is 5.00. The van der Waals surface area contributed by atoms with E-state index >= 15 is 0 Å². The van der Waals surface area contributed by atoms with Gasteiger partial charge in [0.2, 0.25) is 10.0 Å². The molecule has 0 saturated carbocycles. The molecule has 3 rings (SSSR count). The Morgan fingerprint density at radius 2 is 1.66 bits per heavy atom. The molecule has 0 aromatic heterocycles. The molecule has 0 spiro atoms. The molecule has 0 radical (unpaired) electrons. The number of alkyl halides is 3. The number of nitrogens with zero attached hydrogens (tertiary/aromatic N) is 2. The van der Waals surface area contributed by atoms with Crippen LogP contribution in [-0.2, 0) is 27.5 Å². The molecule has 7 nitrogen and oxygen atoms in total. The number of nitrogens with two attached hydrogens (primary N) is 1. The predicted octanol–water partition coefficient (Wildman–Crippen LogP) is 3.38. The van der Waals surface area contributed by atoms with E-state index < -0.39 is 68.0 Å². The average Bonchev–Trinajstić information content (AvgIpc) is 2.81. The topological polar surface area (TPSA) is 101 Å². The Hall–Kier alpha value is -3.06. The van der Waals surface area contributed by atoms with Gasteiger partial charge in [0.25, 0.3) is 5.91 Å². The summed E-state index contributed by atoms with van der Waals surface area (Å²) in [4.78, 5) is 26.6. The quantitative estimate of drug-likeness (QED) is 0.539. The minimum atomic E-state index is -5.07. The zero-order valence-electron chi connectivity index (χ0n) is 16.6. The molecule has 1 saturated heterocycles. The van der Waals surface area contributed by atoms with Gasteiger partial charge in [0, 0.05) is 6.54 Å². The number of rotatable bonds is 4. The van der Waals surface area contributed by atoms with Crippen LogP contribution in [0.15, 0.2) is 41.3 Å². The highest BCUT2D eigenvalue weighted by atomic mass is 32.2. The Bertz CT molecular complexity index is 1230. The molecular formula is C19H16F5N3O4S. The number of anilines is 1. The molecule has 1 aliphatic heterocycles. The van der Waals surface area contributed by atoms with Crippen molar-refractivity contribution in [1.29, 1.82) is 0 Å². The van der Waals surface area contributed by atoms with Crippen molar-refractivity contribution >= 4 is 27.6 Å². The Morgan fingerprint density at radius 3 is 2.22 bits per heavy atom. The van der Waals surface area contributed by atoms with Crippen LogP contribution >= 0.6 is 0 Å². The highest BCUT2D eigenvalue weighted by molar-refractivity contribution is 7.89. The standard InChI is InChI=1S/C19H16F5N3O4S/c1-18(2)16(28)27(12-5-6-14(21)13(8-12)19(22,23)24)17(29)26(18)9-10-3-4-11(20)7-15(10)32(25,30)31/h3-8H,9H2,1-2H3,(H2,25,30,31). The monoisotopic (exact) mass is 477 g/mol. The molecule has 172 valence electrons. The van der Waals surface area contributed by atoms with Crippen molar-refractivity contribution in [3.8, 4) is 0 Å². The molecule has 0 aliphatic carbocycles. The smallest absolute Gasteiger partial charge is 0.305 e. The van der Waals surface area contributed by atoms with Gasteiger partial charge in [-0.15, -0.1) is 0 Å². The van der Waals surface area contributed by atoms with Gasteiger partial charge >= 0.3 is 12.2 Å². The van der Waals surface area contributed by atoms with E-state index in [0.29, 0.717) is 23.1 Å². The number of amides is 3. The van der Waals surface area contributed by atoms with Crippen LogP contribution < -0.4 is 10.0 Å². The van der Waals surface area contributed by atoms with Crippen LogP contribution in [0.4, 0.5) is 32.4 Å². The van der Waals surface area contributed by atoms with Gasteiger partial charge in [0.1, 0.15) is 17.2 Å². The fourth-order valence-corrected chi connectivity index (χ4v) is 4.07. The lowest BCUT2D eigenvalue weighted by molar-refractivity contribution is -0.140. The van der Waals surface area contributed by atoms with Crippen LogP contribution in [0, 0.1) is 11.6 Å². The van der Waals surface area contributed by atoms with E-state index in [4.69, 9.17) is 5.14 Å². The predicted molar refractivity (Wildman–Crippen MR) is 102 cm³/mol. The first-order valence-electron chi connectivity index (χ1n) is 8.89. The van der Waals surface area contributed by atoms with E-state index in [2.05, 4.69) is 0 Å². The number of primary sulfonamides is 1. The normalized spacial score (nSPS) is 16.8. The molecule has 1 aliphatic rings. The number of hydrogen-bond donors (Lipinski definition) is 1. The lowest BCUT2D eigenvalue weighted by atomic mass is 10.0. The van der Waals surface area contributed by atoms with Crippen molar-refractivity contribution in [2.45, 2.75) is 37.0 Å². The minimum Gasteiger partial charge on any atom is -0.305 e. The zero-order chi connectivity index (χ0) is 24.2. The van der Waals surface area contributed by atoms with E-state index in [9.17, 15) is 40.0 Å². The van der Waals surface area contributed by atoms with Crippen LogP contribution in [0.1, 0.15) is 25.0 Å². The van der Waals surface area contributed by atoms with Crippen LogP contribution in [0.3, 0.4) is 0 Å². The first-order chi connectivity index (χ1) is 14.5. The summed E-state index contributed by atoms with van der Waals surface area (Å²) < 4.78 is 90.1. The molecular weight excluding hydrogens is 461 g/mol. The second kappa shape index (κ2) is 7.52. The number of benzene rings is 2. The fraction of sp³-hybridized carbons (Fsp3) is 0.263. The molecule has 2 aromatic carbocycles. The second-order valence-corrected chi connectivity index (χ2v) is 9.06. The molecule has 0 atom stereocenters. The summed E-state index contributed by atoms with van der Waals surface area (Å²) in [5, 5.41) is 5.10. The summed E-state index contributed by atoms with van der Waals surface area (Å²) in [5.74, 6) is -3.42. The van der Waals surface area contributed by atoms with E-state index in [0.717, 1.165) is 23.1 Å². The van der Waals surface area contributed by atoms with E-state index in [1.165, 1.54) is 13.8 Å². The van der Waals surface area contributed by atoms with Crippen molar-refractivity contribution in [2.75, 3.05) is 4.90 Å². The largest absolute Gasteiger partial charge is 0.419 e. The third-order valence-corrected chi connectivity index (χ3v) is 5.99. The maximum Gasteiger partial charge on any atom is 0.419 e. The molecule has 2 aromatic rings. The van der Waals surface area contributed by atoms with Crippen LogP contribution in [0.25, 0.3) is 0 Å². The maximum absolute atomic E-state index is 13.6. The number of carbonyl (C=O) groups is 2. The zero-order valence-corrected chi connectivity index (χ0v) is 17.4. The van der Waals surface area contributed by atoms with E-state index in [1.54, 1.807) is 0 Å². The molecule has 0 bridgehead atoms. The van der Waals surface area contributed by atoms with Gasteiger partial charge < -0.3 is 4.90 Å². The first-order valence-corrected chi connectivity index (χ1v) is 10.4. The van der Waals surface area contributed by atoms with Crippen molar-refractivity contribution in [3.05, 3.63) is 59.2 Å². The van der Waals surface area contributed by atoms with Crippen LogP contribution in [-0.4, -0.2) is 30.8 Å². The van der Waals surface area contributed by atoms with Gasteiger partial charge in [-0.25, -0.2) is 32.0 Å². The molecule has 3 amide bonds. The molecule has 13 heteroatoms. The molecule has 1 heterocycles. The summed E-state index contributed by atoms with van der Waals surface area (Å²) in [5.41, 5.74) is -3.93. The Kier molecular flexibility index (Phi) is 5.54. The molecule has 32 heavy (non-hydrogen) atoms. The second-order valence-electron chi connectivity index (χ2n) is 7.53. The number of urea groups is 1. The summed E-state index contributed by atoms with van der Waals surface area (Å²) in [6.07, 6.45) is -5.07. The fourth-order valence-electron chi connectivity index (χ4n) is 3.29. The molecule has 1 fully saturated rings. The van der Waals surface area contributed by atoms with Crippen molar-refractivity contribution in [2.24, 2.45) is 5.14 Å². The van der Waals surface area contributed by atoms with Gasteiger partial charge in [0.05, 0.1) is 16.1 Å².